The Labute approximate surface area is 139 Å². The highest BCUT2D eigenvalue weighted by Gasteiger charge is 2.08. The number of fused-ring (bicyclic) bond motifs is 1. The Morgan fingerprint density at radius 2 is 1.92 bits per heavy atom. The lowest BCUT2D eigenvalue weighted by molar-refractivity contribution is -0.0781. The number of benzene rings is 2. The molecule has 2 aromatic carbocycles. The summed E-state index contributed by atoms with van der Waals surface area (Å²) in [6.45, 7) is 3.93. The molecule has 0 aliphatic carbocycles. The van der Waals surface area contributed by atoms with E-state index >= 15 is 0 Å². The average molecular weight is 319 g/mol. The van der Waals surface area contributed by atoms with Crippen LogP contribution in [-0.2, 0) is 4.84 Å². The molecule has 0 bridgehead atoms. The van der Waals surface area contributed by atoms with Crippen molar-refractivity contribution in [1.82, 2.24) is 15.6 Å². The van der Waals surface area contributed by atoms with Crippen LogP contribution in [0.2, 0.25) is 0 Å². The van der Waals surface area contributed by atoms with Crippen LogP contribution in [-0.4, -0.2) is 10.2 Å². The van der Waals surface area contributed by atoms with Gasteiger partial charge in [0.2, 0.25) is 5.89 Å². The molecule has 0 amide bonds. The first-order valence-electron chi connectivity index (χ1n) is 7.73. The molecule has 1 aliphatic heterocycles. The van der Waals surface area contributed by atoms with Gasteiger partial charge < -0.3 is 9.25 Å². The minimum atomic E-state index is 0.635. The first-order chi connectivity index (χ1) is 11.7. The quantitative estimate of drug-likeness (QED) is 0.776. The first kappa shape index (κ1) is 14.4. The van der Waals surface area contributed by atoms with Crippen molar-refractivity contribution in [2.75, 3.05) is 0 Å². The molecule has 0 unspecified atom stereocenters. The Balaban J connectivity index is 1.53. The predicted octanol–water partition coefficient (Wildman–Crippen LogP) is 4.39. The Hall–Kier alpha value is -3.21. The Morgan fingerprint density at radius 3 is 2.67 bits per heavy atom. The van der Waals surface area contributed by atoms with Crippen LogP contribution < -0.4 is 5.43 Å². The predicted molar refractivity (Wildman–Crippen MR) is 93.0 cm³/mol. The van der Waals surface area contributed by atoms with Gasteiger partial charge >= 0.3 is 0 Å². The minimum absolute atomic E-state index is 0.635. The van der Waals surface area contributed by atoms with Gasteiger partial charge in [-0.1, -0.05) is 18.2 Å². The fourth-order valence-corrected chi connectivity index (χ4v) is 2.49. The Kier molecular flexibility index (Phi) is 3.46. The summed E-state index contributed by atoms with van der Waals surface area (Å²) in [6, 6.07) is 14.0. The largest absolute Gasteiger partial charge is 0.436 e. The molecule has 1 aromatic heterocycles. The van der Waals surface area contributed by atoms with Gasteiger partial charge in [-0.3, -0.25) is 5.43 Å². The molecule has 2 heterocycles. The number of nitrogens with zero attached hydrogens (tertiary/aromatic N) is 2. The molecule has 0 radical (unpaired) electrons. The van der Waals surface area contributed by atoms with Crippen molar-refractivity contribution in [3.63, 3.8) is 0 Å². The molecule has 120 valence electrons. The van der Waals surface area contributed by atoms with E-state index in [9.17, 15) is 0 Å². The maximum atomic E-state index is 5.83. The van der Waals surface area contributed by atoms with E-state index in [1.807, 2.05) is 68.6 Å². The van der Waals surface area contributed by atoms with E-state index in [0.29, 0.717) is 5.89 Å². The number of aryl methyl sites for hydroxylation is 1. The smallest absolute Gasteiger partial charge is 0.227 e. The topological polar surface area (TPSA) is 50.5 Å². The maximum absolute atomic E-state index is 5.83. The standard InChI is InChI=1S/C19H17N3O2/c1-13-3-8-18-17(11-13)21-19(23-18)16-6-4-15(5-7-16)9-10-22-20-12-14(2)24-22/h3-12,20H,1-2H3. The van der Waals surface area contributed by atoms with Gasteiger partial charge in [-0.2, -0.15) is 0 Å². The lowest BCUT2D eigenvalue weighted by Crippen LogP contribution is -2.21. The van der Waals surface area contributed by atoms with Crippen LogP contribution in [0.4, 0.5) is 0 Å². The van der Waals surface area contributed by atoms with Gasteiger partial charge in [-0.05, 0) is 55.3 Å². The molecule has 3 aromatic rings. The van der Waals surface area contributed by atoms with Gasteiger partial charge in [0, 0.05) is 5.56 Å². The lowest BCUT2D eigenvalue weighted by Gasteiger charge is -2.11. The van der Waals surface area contributed by atoms with Crippen LogP contribution >= 0.6 is 0 Å². The highest BCUT2D eigenvalue weighted by Crippen LogP contribution is 2.25. The highest BCUT2D eigenvalue weighted by molar-refractivity contribution is 5.77. The van der Waals surface area contributed by atoms with Gasteiger partial charge in [0.05, 0.1) is 12.4 Å². The third-order valence-corrected chi connectivity index (χ3v) is 3.74. The zero-order valence-corrected chi connectivity index (χ0v) is 13.5. The summed E-state index contributed by atoms with van der Waals surface area (Å²) in [4.78, 5) is 9.95. The summed E-state index contributed by atoms with van der Waals surface area (Å²) in [7, 11) is 0. The van der Waals surface area contributed by atoms with E-state index in [0.717, 1.165) is 28.0 Å². The average Bonchev–Trinajstić information content (AvgIpc) is 3.19. The molecule has 0 fully saturated rings. The Bertz CT molecular complexity index is 939. The summed E-state index contributed by atoms with van der Waals surface area (Å²) in [5.74, 6) is 1.46. The zero-order chi connectivity index (χ0) is 16.5. The number of rotatable bonds is 3. The van der Waals surface area contributed by atoms with E-state index in [1.54, 1.807) is 11.4 Å². The van der Waals surface area contributed by atoms with Crippen LogP contribution in [0.3, 0.4) is 0 Å². The summed E-state index contributed by atoms with van der Waals surface area (Å²) >= 11 is 0. The van der Waals surface area contributed by atoms with Gasteiger partial charge in [0.25, 0.3) is 0 Å². The van der Waals surface area contributed by atoms with Crippen molar-refractivity contribution in [2.24, 2.45) is 0 Å². The normalized spacial score (nSPS) is 14.1. The highest BCUT2D eigenvalue weighted by atomic mass is 16.7. The number of aromatic nitrogens is 1. The number of hydrogen-bond acceptors (Lipinski definition) is 5. The maximum Gasteiger partial charge on any atom is 0.227 e. The summed E-state index contributed by atoms with van der Waals surface area (Å²) < 4.78 is 5.83. The third kappa shape index (κ3) is 2.84. The van der Waals surface area contributed by atoms with Gasteiger partial charge in [-0.25, -0.2) is 4.98 Å². The fraction of sp³-hybridized carbons (Fsp3) is 0.105. The third-order valence-electron chi connectivity index (χ3n) is 3.74. The summed E-state index contributed by atoms with van der Waals surface area (Å²) in [5, 5.41) is 1.55. The number of allylic oxidation sites excluding steroid dienone is 1. The van der Waals surface area contributed by atoms with E-state index in [1.165, 1.54) is 5.56 Å². The van der Waals surface area contributed by atoms with E-state index < -0.39 is 0 Å². The van der Waals surface area contributed by atoms with Crippen LogP contribution in [0.15, 0.2) is 65.0 Å². The second-order valence-electron chi connectivity index (χ2n) is 5.73. The van der Waals surface area contributed by atoms with Crippen LogP contribution in [0.5, 0.6) is 0 Å². The van der Waals surface area contributed by atoms with E-state index in [2.05, 4.69) is 10.4 Å². The molecule has 5 nitrogen and oxygen atoms in total. The zero-order valence-electron chi connectivity index (χ0n) is 13.5. The van der Waals surface area contributed by atoms with Crippen LogP contribution in [0, 0.1) is 6.92 Å². The second-order valence-corrected chi connectivity index (χ2v) is 5.73. The van der Waals surface area contributed by atoms with Crippen molar-refractivity contribution in [3.05, 3.63) is 71.8 Å². The van der Waals surface area contributed by atoms with E-state index in [-0.39, 0.29) is 0 Å². The van der Waals surface area contributed by atoms with Crippen molar-refractivity contribution >= 4 is 17.2 Å². The van der Waals surface area contributed by atoms with Crippen LogP contribution in [0.25, 0.3) is 28.6 Å². The SMILES string of the molecule is CC1=CNN(C=Cc2ccc(-c3nc4cc(C)ccc4o3)cc2)O1. The van der Waals surface area contributed by atoms with Crippen molar-refractivity contribution in [2.45, 2.75) is 13.8 Å². The second kappa shape index (κ2) is 5.77. The number of hydrazine groups is 1. The minimum Gasteiger partial charge on any atom is -0.436 e. The lowest BCUT2D eigenvalue weighted by atomic mass is 10.1. The number of oxazole rings is 1. The molecular formula is C19H17N3O2. The van der Waals surface area contributed by atoms with Crippen molar-refractivity contribution in [1.29, 1.82) is 0 Å². The van der Waals surface area contributed by atoms with Gasteiger partial charge in [-0.15, -0.1) is 5.17 Å². The molecule has 1 aliphatic rings. The number of hydrogen-bond donors (Lipinski definition) is 1. The Morgan fingerprint density at radius 1 is 1.08 bits per heavy atom. The first-order valence-corrected chi connectivity index (χ1v) is 7.73. The summed E-state index contributed by atoms with van der Waals surface area (Å²) in [5.41, 5.74) is 7.84. The molecule has 0 atom stereocenters. The van der Waals surface area contributed by atoms with Gasteiger partial charge in [0.1, 0.15) is 11.3 Å². The molecule has 1 N–H and O–H groups in total. The molecule has 5 heteroatoms. The molecule has 0 saturated heterocycles. The summed E-state index contributed by atoms with van der Waals surface area (Å²) in [6.07, 6.45) is 5.57. The monoisotopic (exact) mass is 319 g/mol. The number of nitrogens with one attached hydrogen (secondary N) is 1. The van der Waals surface area contributed by atoms with Gasteiger partial charge in [0.15, 0.2) is 5.58 Å². The molecule has 4 rings (SSSR count). The molecule has 0 saturated carbocycles. The van der Waals surface area contributed by atoms with Crippen LogP contribution in [0.1, 0.15) is 18.1 Å². The van der Waals surface area contributed by atoms with E-state index in [4.69, 9.17) is 9.25 Å². The van der Waals surface area contributed by atoms with Crippen molar-refractivity contribution < 1.29 is 9.25 Å². The fourth-order valence-electron chi connectivity index (χ4n) is 2.49. The molecular weight excluding hydrogens is 302 g/mol. The number of hydroxylamine groups is 1. The molecule has 0 spiro atoms. The molecule has 24 heavy (non-hydrogen) atoms. The van der Waals surface area contributed by atoms with Crippen molar-refractivity contribution in [3.8, 4) is 11.5 Å².